The normalized spacial score (nSPS) is 18.8. The zero-order valence-corrected chi connectivity index (χ0v) is 8.61. The van der Waals surface area contributed by atoms with Crippen molar-refractivity contribution >= 4 is 11.7 Å². The highest BCUT2D eigenvalue weighted by atomic mass is 16.4. The van der Waals surface area contributed by atoms with Crippen molar-refractivity contribution in [2.75, 3.05) is 19.0 Å². The lowest BCUT2D eigenvalue weighted by atomic mass is 9.85. The van der Waals surface area contributed by atoms with Gasteiger partial charge in [0.1, 0.15) is 0 Å². The van der Waals surface area contributed by atoms with Crippen LogP contribution in [0, 0.1) is 0 Å². The van der Waals surface area contributed by atoms with E-state index < -0.39 is 25.1 Å². The van der Waals surface area contributed by atoms with E-state index in [0.717, 1.165) is 0 Å². The zero-order chi connectivity index (χ0) is 16.6. The summed E-state index contributed by atoms with van der Waals surface area (Å²) in [5, 5.41) is 9.40. The van der Waals surface area contributed by atoms with Gasteiger partial charge >= 0.3 is 5.97 Å². The fraction of sp³-hybridized carbons (Fsp3) is 0.417. The Bertz CT molecular complexity index is 504. The van der Waals surface area contributed by atoms with Crippen molar-refractivity contribution in [1.29, 1.82) is 0 Å². The Morgan fingerprint density at radius 2 is 1.87 bits per heavy atom. The fourth-order valence-electron chi connectivity index (χ4n) is 1.13. The van der Waals surface area contributed by atoms with Gasteiger partial charge < -0.3 is 10.0 Å². The number of anilines is 1. The average Bonchev–Trinajstić information content (AvgIpc) is 2.25. The van der Waals surface area contributed by atoms with Crippen molar-refractivity contribution in [3.8, 4) is 0 Å². The summed E-state index contributed by atoms with van der Waals surface area (Å²) in [6.07, 6.45) is 0. The van der Waals surface area contributed by atoms with E-state index in [2.05, 4.69) is 0 Å². The predicted molar refractivity (Wildman–Crippen MR) is 61.4 cm³/mol. The van der Waals surface area contributed by atoms with E-state index in [9.17, 15) is 9.90 Å². The average molecular weight is 213 g/mol. The molecular weight excluding hydrogens is 190 g/mol. The molecule has 0 amide bonds. The lowest BCUT2D eigenvalue weighted by molar-refractivity contribution is -0.142. The predicted octanol–water partition coefficient (Wildman–Crippen LogP) is 2.11. The van der Waals surface area contributed by atoms with E-state index >= 15 is 0 Å². The molecule has 0 aliphatic heterocycles. The maximum absolute atomic E-state index is 11.6. The first-order valence-electron chi connectivity index (χ1n) is 7.37. The molecule has 82 valence electrons. The second kappa shape index (κ2) is 3.93. The van der Waals surface area contributed by atoms with Crippen LogP contribution in [0.25, 0.3) is 0 Å². The lowest BCUT2D eigenvalue weighted by Gasteiger charge is -2.21. The number of carbonyl (C=O) groups is 1. The Morgan fingerprint density at radius 1 is 1.33 bits per heavy atom. The third-order valence-electron chi connectivity index (χ3n) is 2.14. The summed E-state index contributed by atoms with van der Waals surface area (Å²) in [6, 6.07) is 5.46. The molecule has 0 radical (unpaired) electrons. The van der Waals surface area contributed by atoms with Gasteiger partial charge in [0.25, 0.3) is 0 Å². The molecule has 0 spiro atoms. The van der Waals surface area contributed by atoms with Gasteiger partial charge in [-0.2, -0.15) is 0 Å². The summed E-state index contributed by atoms with van der Waals surface area (Å²) in [5.74, 6) is -1.89. The number of aliphatic carboxylic acids is 1. The topological polar surface area (TPSA) is 40.5 Å². The van der Waals surface area contributed by atoms with Gasteiger partial charge in [0, 0.05) is 28.0 Å². The quantitative estimate of drug-likeness (QED) is 0.836. The number of benzene rings is 1. The Balaban J connectivity index is 3.62. The van der Waals surface area contributed by atoms with Crippen LogP contribution < -0.4 is 4.90 Å². The minimum Gasteiger partial charge on any atom is -0.481 e. The number of rotatable bonds is 3. The number of hydrogen-bond acceptors (Lipinski definition) is 2. The Kier molecular flexibility index (Phi) is 1.45. The van der Waals surface area contributed by atoms with E-state index in [1.54, 1.807) is 19.0 Å². The molecular formula is C12H17NO2. The maximum Gasteiger partial charge on any atom is 0.313 e. The van der Waals surface area contributed by atoms with E-state index in [0.29, 0.717) is 5.69 Å². The van der Waals surface area contributed by atoms with Gasteiger partial charge in [-0.15, -0.1) is 0 Å². The van der Waals surface area contributed by atoms with Crippen LogP contribution in [0.3, 0.4) is 0 Å². The number of hydrogen-bond donors (Lipinski definition) is 1. The van der Waals surface area contributed by atoms with Gasteiger partial charge in [0.15, 0.2) is 0 Å². The first-order valence-corrected chi connectivity index (χ1v) is 4.37. The largest absolute Gasteiger partial charge is 0.481 e. The van der Waals surface area contributed by atoms with Gasteiger partial charge in [-0.1, -0.05) is 12.1 Å². The van der Waals surface area contributed by atoms with E-state index in [4.69, 9.17) is 8.22 Å². The van der Waals surface area contributed by atoms with Crippen molar-refractivity contribution < 1.29 is 18.1 Å². The van der Waals surface area contributed by atoms with E-state index in [1.807, 2.05) is 0 Å². The molecule has 1 aromatic rings. The first-order chi connectivity index (χ1) is 9.35. The first kappa shape index (κ1) is 5.54. The third kappa shape index (κ3) is 2.29. The van der Waals surface area contributed by atoms with Crippen LogP contribution in [-0.2, 0) is 10.2 Å². The minimum absolute atomic E-state index is 0.263. The van der Waals surface area contributed by atoms with Gasteiger partial charge in [0.05, 0.1) is 5.41 Å². The highest BCUT2D eigenvalue weighted by Crippen LogP contribution is 2.25. The molecule has 3 heteroatoms. The molecule has 0 unspecified atom stereocenters. The molecule has 0 fully saturated rings. The van der Waals surface area contributed by atoms with Crippen molar-refractivity contribution in [3.63, 3.8) is 0 Å². The molecule has 0 aliphatic carbocycles. The molecule has 1 aromatic carbocycles. The van der Waals surface area contributed by atoms with Gasteiger partial charge in [-0.05, 0) is 31.4 Å². The highest BCUT2D eigenvalue weighted by Gasteiger charge is 2.29. The van der Waals surface area contributed by atoms with Crippen LogP contribution >= 0.6 is 0 Å². The van der Waals surface area contributed by atoms with Gasteiger partial charge in [-0.3, -0.25) is 4.79 Å². The van der Waals surface area contributed by atoms with Crippen molar-refractivity contribution in [2.45, 2.75) is 19.1 Å². The molecule has 3 nitrogen and oxygen atoms in total. The summed E-state index contributed by atoms with van der Waals surface area (Å²) < 4.78 is 44.9. The summed E-state index contributed by atoms with van der Waals surface area (Å²) >= 11 is 0. The molecule has 15 heavy (non-hydrogen) atoms. The van der Waals surface area contributed by atoms with E-state index in [-0.39, 0.29) is 5.56 Å². The fourth-order valence-corrected chi connectivity index (χ4v) is 1.13. The Labute approximate surface area is 98.8 Å². The monoisotopic (exact) mass is 213 g/mol. The van der Waals surface area contributed by atoms with Gasteiger partial charge in [0.2, 0.25) is 0 Å². The summed E-state index contributed by atoms with van der Waals surface area (Å²) in [5.41, 5.74) is -2.51. The standard InChI is InChI=1S/C12H17NO2/c1-12(2,11(14)15)9-5-7-10(8-6-9)13(3)4/h5-8H,1-4H3,(H,14,15)/i1D3,2D3. The summed E-state index contributed by atoms with van der Waals surface area (Å²) in [6.45, 7) is -6.44. The number of nitrogens with zero attached hydrogens (tertiary/aromatic N) is 1. The zero-order valence-electron chi connectivity index (χ0n) is 14.6. The Hall–Kier alpha value is -1.51. The summed E-state index contributed by atoms with van der Waals surface area (Å²) in [7, 11) is 3.51. The molecule has 0 bridgehead atoms. The molecule has 0 heterocycles. The third-order valence-corrected chi connectivity index (χ3v) is 2.14. The van der Waals surface area contributed by atoms with Crippen LogP contribution in [-0.4, -0.2) is 25.2 Å². The lowest BCUT2D eigenvalue weighted by Crippen LogP contribution is -2.28. The minimum atomic E-state index is -3.22. The van der Waals surface area contributed by atoms with E-state index in [1.165, 1.54) is 24.3 Å². The number of carboxylic acids is 1. The van der Waals surface area contributed by atoms with Crippen LogP contribution in [0.4, 0.5) is 5.69 Å². The molecule has 1 N–H and O–H groups in total. The molecule has 0 saturated heterocycles. The molecule has 0 atom stereocenters. The smallest absolute Gasteiger partial charge is 0.313 e. The highest BCUT2D eigenvalue weighted by molar-refractivity contribution is 5.80. The molecule has 1 rings (SSSR count). The maximum atomic E-state index is 11.6. The second-order valence-corrected chi connectivity index (χ2v) is 3.50. The SMILES string of the molecule is [2H]C([2H])([2H])C(C(=O)O)(c1ccc(N(C)C)cc1)C([2H])([2H])[2H]. The van der Waals surface area contributed by atoms with Crippen LogP contribution in [0.2, 0.25) is 0 Å². The second-order valence-electron chi connectivity index (χ2n) is 3.50. The van der Waals surface area contributed by atoms with Crippen LogP contribution in [0.15, 0.2) is 24.3 Å². The van der Waals surface area contributed by atoms with Crippen LogP contribution in [0.1, 0.15) is 27.5 Å². The molecule has 0 aliphatic rings. The molecule has 0 aromatic heterocycles. The Morgan fingerprint density at radius 3 is 2.20 bits per heavy atom. The number of carboxylic acid groups (broad SMARTS) is 1. The van der Waals surface area contributed by atoms with Crippen molar-refractivity contribution in [3.05, 3.63) is 29.8 Å². The van der Waals surface area contributed by atoms with Crippen LogP contribution in [0.5, 0.6) is 0 Å². The molecule has 0 saturated carbocycles. The van der Waals surface area contributed by atoms with Crippen molar-refractivity contribution in [1.82, 2.24) is 0 Å². The summed E-state index contributed by atoms with van der Waals surface area (Å²) in [4.78, 5) is 13.3. The van der Waals surface area contributed by atoms with Gasteiger partial charge in [-0.25, -0.2) is 0 Å². The van der Waals surface area contributed by atoms with Crippen molar-refractivity contribution in [2.24, 2.45) is 0 Å².